The molecular formula is C13H16FN3S. The summed E-state index contributed by atoms with van der Waals surface area (Å²) in [6, 6.07) is 6.49. The number of anilines is 1. The number of rotatable bonds is 4. The van der Waals surface area contributed by atoms with E-state index in [1.807, 2.05) is 30.3 Å². The van der Waals surface area contributed by atoms with E-state index in [-0.39, 0.29) is 11.9 Å². The third kappa shape index (κ3) is 3.05. The molecule has 1 unspecified atom stereocenters. The summed E-state index contributed by atoms with van der Waals surface area (Å²) in [5, 5.41) is 2.92. The van der Waals surface area contributed by atoms with E-state index in [4.69, 9.17) is 5.73 Å². The van der Waals surface area contributed by atoms with Gasteiger partial charge >= 0.3 is 0 Å². The van der Waals surface area contributed by atoms with Gasteiger partial charge in [0.15, 0.2) is 0 Å². The highest BCUT2D eigenvalue weighted by Gasteiger charge is 2.09. The molecule has 0 aliphatic rings. The van der Waals surface area contributed by atoms with Crippen molar-refractivity contribution in [1.29, 1.82) is 0 Å². The summed E-state index contributed by atoms with van der Waals surface area (Å²) < 4.78 is 13.1. The third-order valence-corrected chi connectivity index (χ3v) is 3.70. The number of aromatic nitrogens is 1. The molecule has 0 spiro atoms. The molecule has 0 saturated carbocycles. The van der Waals surface area contributed by atoms with Gasteiger partial charge in [0.25, 0.3) is 0 Å². The first-order chi connectivity index (χ1) is 8.56. The first-order valence-electron chi connectivity index (χ1n) is 5.73. The number of nitrogens with two attached hydrogens (primary N) is 1. The quantitative estimate of drug-likeness (QED) is 0.924. The van der Waals surface area contributed by atoms with Crippen LogP contribution >= 0.6 is 11.3 Å². The molecule has 2 aromatic rings. The normalized spacial score (nSPS) is 12.4. The molecule has 5 heteroatoms. The molecule has 0 aliphatic carbocycles. The lowest BCUT2D eigenvalue weighted by Gasteiger charge is -2.17. The Balaban J connectivity index is 2.08. The fourth-order valence-electron chi connectivity index (χ4n) is 1.65. The van der Waals surface area contributed by atoms with Crippen LogP contribution in [-0.4, -0.2) is 12.0 Å². The molecule has 1 aromatic carbocycles. The minimum absolute atomic E-state index is 0.0387. The fourth-order valence-corrected chi connectivity index (χ4v) is 2.42. The maximum Gasteiger partial charge on any atom is 0.125 e. The van der Waals surface area contributed by atoms with E-state index in [0.29, 0.717) is 6.54 Å². The van der Waals surface area contributed by atoms with E-state index < -0.39 is 0 Å². The van der Waals surface area contributed by atoms with E-state index in [9.17, 15) is 4.39 Å². The topological polar surface area (TPSA) is 42.1 Å². The van der Waals surface area contributed by atoms with Crippen molar-refractivity contribution in [1.82, 2.24) is 4.98 Å². The van der Waals surface area contributed by atoms with Gasteiger partial charge in [-0.2, -0.15) is 0 Å². The molecule has 1 aromatic heterocycles. The molecule has 0 amide bonds. The van der Waals surface area contributed by atoms with Gasteiger partial charge in [0.2, 0.25) is 0 Å². The Morgan fingerprint density at radius 2 is 2.28 bits per heavy atom. The van der Waals surface area contributed by atoms with Gasteiger partial charge in [-0.3, -0.25) is 0 Å². The van der Waals surface area contributed by atoms with Crippen LogP contribution in [0.3, 0.4) is 0 Å². The van der Waals surface area contributed by atoms with Crippen LogP contribution in [0, 0.1) is 5.82 Å². The molecule has 2 N–H and O–H groups in total. The zero-order valence-electron chi connectivity index (χ0n) is 10.4. The number of hydrogen-bond donors (Lipinski definition) is 1. The Labute approximate surface area is 110 Å². The largest absolute Gasteiger partial charge is 0.369 e. The first-order valence-corrected chi connectivity index (χ1v) is 6.61. The van der Waals surface area contributed by atoms with Crippen LogP contribution in [-0.2, 0) is 6.54 Å². The van der Waals surface area contributed by atoms with Crippen molar-refractivity contribution in [3.05, 3.63) is 46.2 Å². The van der Waals surface area contributed by atoms with Crippen molar-refractivity contribution in [3.8, 4) is 0 Å². The maximum atomic E-state index is 13.1. The van der Waals surface area contributed by atoms with Gasteiger partial charge in [-0.05, 0) is 25.1 Å². The predicted molar refractivity (Wildman–Crippen MR) is 73.2 cm³/mol. The lowest BCUT2D eigenvalue weighted by Crippen LogP contribution is -2.17. The molecule has 3 nitrogen and oxygen atoms in total. The lowest BCUT2D eigenvalue weighted by molar-refractivity contribution is 0.627. The number of benzene rings is 1. The summed E-state index contributed by atoms with van der Waals surface area (Å²) in [6.07, 6.45) is 0. The smallest absolute Gasteiger partial charge is 0.125 e. The molecule has 0 fully saturated rings. The second kappa shape index (κ2) is 5.46. The summed E-state index contributed by atoms with van der Waals surface area (Å²) in [4.78, 5) is 6.42. The minimum atomic E-state index is -0.228. The summed E-state index contributed by atoms with van der Waals surface area (Å²) >= 11 is 1.56. The zero-order valence-corrected chi connectivity index (χ0v) is 11.2. The van der Waals surface area contributed by atoms with Crippen molar-refractivity contribution in [2.24, 2.45) is 5.73 Å². The summed E-state index contributed by atoms with van der Waals surface area (Å²) in [5.74, 6) is -0.228. The third-order valence-electron chi connectivity index (χ3n) is 2.61. The zero-order chi connectivity index (χ0) is 13.1. The number of nitrogens with zero attached hydrogens (tertiary/aromatic N) is 2. The van der Waals surface area contributed by atoms with Crippen LogP contribution in [0.2, 0.25) is 0 Å². The molecule has 2 rings (SSSR count). The average Bonchev–Trinajstić information content (AvgIpc) is 2.77. The number of thiazole rings is 1. The Bertz CT molecular complexity index is 524. The van der Waals surface area contributed by atoms with Gasteiger partial charge < -0.3 is 10.6 Å². The van der Waals surface area contributed by atoms with Crippen molar-refractivity contribution in [2.75, 3.05) is 11.9 Å². The molecule has 0 saturated heterocycles. The molecule has 1 heterocycles. The van der Waals surface area contributed by atoms with E-state index in [2.05, 4.69) is 4.98 Å². The lowest BCUT2D eigenvalue weighted by atomic mass is 10.3. The maximum absolute atomic E-state index is 13.1. The molecule has 0 bridgehead atoms. The molecule has 96 valence electrons. The number of hydrogen-bond acceptors (Lipinski definition) is 4. The van der Waals surface area contributed by atoms with Gasteiger partial charge in [-0.25, -0.2) is 9.37 Å². The van der Waals surface area contributed by atoms with Gasteiger partial charge in [0, 0.05) is 18.1 Å². The van der Waals surface area contributed by atoms with Crippen LogP contribution in [0.1, 0.15) is 23.7 Å². The molecule has 1 atom stereocenters. The van der Waals surface area contributed by atoms with Gasteiger partial charge in [0.05, 0.1) is 18.3 Å². The molecular weight excluding hydrogens is 249 g/mol. The number of halogens is 1. The monoisotopic (exact) mass is 265 g/mol. The highest BCUT2D eigenvalue weighted by molar-refractivity contribution is 7.09. The van der Waals surface area contributed by atoms with E-state index in [1.165, 1.54) is 12.1 Å². The molecule has 0 aliphatic heterocycles. The van der Waals surface area contributed by atoms with Crippen LogP contribution in [0.4, 0.5) is 10.1 Å². The predicted octanol–water partition coefficient (Wildman–Crippen LogP) is 2.94. The van der Waals surface area contributed by atoms with Crippen molar-refractivity contribution in [2.45, 2.75) is 19.5 Å². The Morgan fingerprint density at radius 1 is 1.50 bits per heavy atom. The second-order valence-electron chi connectivity index (χ2n) is 4.30. The summed E-state index contributed by atoms with van der Waals surface area (Å²) in [7, 11) is 1.92. The van der Waals surface area contributed by atoms with Gasteiger partial charge in [-0.15, -0.1) is 11.3 Å². The Hall–Kier alpha value is -1.46. The van der Waals surface area contributed by atoms with Crippen molar-refractivity contribution < 1.29 is 4.39 Å². The van der Waals surface area contributed by atoms with Crippen LogP contribution in [0.25, 0.3) is 0 Å². The van der Waals surface area contributed by atoms with Crippen LogP contribution < -0.4 is 10.6 Å². The Morgan fingerprint density at radius 3 is 2.89 bits per heavy atom. The van der Waals surface area contributed by atoms with E-state index in [1.54, 1.807) is 17.4 Å². The SMILES string of the molecule is CC(N)c1nc(CN(C)c2cccc(F)c2)cs1. The van der Waals surface area contributed by atoms with Crippen LogP contribution in [0.5, 0.6) is 0 Å². The summed E-state index contributed by atoms with van der Waals surface area (Å²) in [6.45, 7) is 2.56. The minimum Gasteiger partial charge on any atom is -0.369 e. The first kappa shape index (κ1) is 13.0. The molecule has 18 heavy (non-hydrogen) atoms. The highest BCUT2D eigenvalue weighted by atomic mass is 32.1. The van der Waals surface area contributed by atoms with Gasteiger partial charge in [0.1, 0.15) is 10.8 Å². The fraction of sp³-hybridized carbons (Fsp3) is 0.308. The van der Waals surface area contributed by atoms with Crippen LogP contribution in [0.15, 0.2) is 29.6 Å². The van der Waals surface area contributed by atoms with Crippen molar-refractivity contribution in [3.63, 3.8) is 0 Å². The average molecular weight is 265 g/mol. The van der Waals surface area contributed by atoms with Crippen molar-refractivity contribution >= 4 is 17.0 Å². The second-order valence-corrected chi connectivity index (χ2v) is 5.19. The van der Waals surface area contributed by atoms with Gasteiger partial charge in [-0.1, -0.05) is 6.07 Å². The standard InChI is InChI=1S/C13H16FN3S/c1-9(15)13-16-11(8-18-13)7-17(2)12-5-3-4-10(14)6-12/h3-6,8-9H,7,15H2,1-2H3. The molecule has 0 radical (unpaired) electrons. The van der Waals surface area contributed by atoms with E-state index in [0.717, 1.165) is 16.4 Å². The summed E-state index contributed by atoms with van der Waals surface area (Å²) in [5.41, 5.74) is 7.57. The highest BCUT2D eigenvalue weighted by Crippen LogP contribution is 2.20. The van der Waals surface area contributed by atoms with E-state index >= 15 is 0 Å². The Kier molecular flexibility index (Phi) is 3.93.